The number of ether oxygens (including phenoxy) is 1. The molecule has 0 bridgehead atoms. The number of hydrogen-bond donors (Lipinski definition) is 2. The number of anilines is 1. The zero-order valence-corrected chi connectivity index (χ0v) is 12.4. The topological polar surface area (TPSA) is 81.4 Å². The van der Waals surface area contributed by atoms with Gasteiger partial charge in [0.2, 0.25) is 10.0 Å². The third-order valence-corrected chi connectivity index (χ3v) is 5.05. The van der Waals surface area contributed by atoms with Crippen molar-refractivity contribution in [2.45, 2.75) is 30.8 Å². The molecule has 8 heteroatoms. The molecule has 1 aliphatic rings. The minimum atomic E-state index is -4.27. The van der Waals surface area contributed by atoms with Crippen LogP contribution >= 0.6 is 0 Å². The van der Waals surface area contributed by atoms with Gasteiger partial charge in [-0.15, -0.1) is 0 Å². The summed E-state index contributed by atoms with van der Waals surface area (Å²) < 4.78 is 59.2. The normalized spacial score (nSPS) is 22.6. The zero-order valence-electron chi connectivity index (χ0n) is 11.6. The van der Waals surface area contributed by atoms with Crippen LogP contribution < -0.4 is 10.5 Å². The standard InChI is InChI=1S/C13H18F2N2O3S/c1-2-12-8(3-4-20-12)7-17-21(18,19)13-10(14)5-9(16)6-11(13)15/h5-6,8,12,17H,2-4,7,16H2,1H3. The molecule has 0 aromatic heterocycles. The van der Waals surface area contributed by atoms with Crippen molar-refractivity contribution >= 4 is 15.7 Å². The highest BCUT2D eigenvalue weighted by Crippen LogP contribution is 2.25. The average Bonchev–Trinajstić information content (AvgIpc) is 2.82. The largest absolute Gasteiger partial charge is 0.399 e. The maximum atomic E-state index is 13.7. The summed E-state index contributed by atoms with van der Waals surface area (Å²) in [7, 11) is -4.27. The van der Waals surface area contributed by atoms with Crippen LogP contribution in [0, 0.1) is 17.6 Å². The van der Waals surface area contributed by atoms with E-state index in [9.17, 15) is 17.2 Å². The van der Waals surface area contributed by atoms with Gasteiger partial charge in [0.25, 0.3) is 0 Å². The number of sulfonamides is 1. The summed E-state index contributed by atoms with van der Waals surface area (Å²) >= 11 is 0. The summed E-state index contributed by atoms with van der Waals surface area (Å²) in [5, 5.41) is 0. The van der Waals surface area contributed by atoms with Crippen LogP contribution in [0.25, 0.3) is 0 Å². The highest BCUT2D eigenvalue weighted by atomic mass is 32.2. The van der Waals surface area contributed by atoms with E-state index in [1.807, 2.05) is 6.92 Å². The number of nitrogens with two attached hydrogens (primary N) is 1. The second-order valence-electron chi connectivity index (χ2n) is 5.03. The van der Waals surface area contributed by atoms with E-state index < -0.39 is 26.6 Å². The van der Waals surface area contributed by atoms with E-state index in [4.69, 9.17) is 10.5 Å². The Kier molecular flexibility index (Phi) is 4.80. The Morgan fingerprint density at radius 2 is 2.00 bits per heavy atom. The molecule has 2 unspecified atom stereocenters. The summed E-state index contributed by atoms with van der Waals surface area (Å²) in [6, 6.07) is 1.57. The fourth-order valence-corrected chi connectivity index (χ4v) is 3.71. The first-order valence-corrected chi connectivity index (χ1v) is 8.19. The van der Waals surface area contributed by atoms with Crippen LogP contribution in [0.4, 0.5) is 14.5 Å². The van der Waals surface area contributed by atoms with Gasteiger partial charge in [0.05, 0.1) is 6.10 Å². The van der Waals surface area contributed by atoms with Crippen molar-refractivity contribution in [1.82, 2.24) is 4.72 Å². The maximum Gasteiger partial charge on any atom is 0.246 e. The highest BCUT2D eigenvalue weighted by molar-refractivity contribution is 7.89. The Balaban J connectivity index is 2.16. The molecule has 0 saturated carbocycles. The van der Waals surface area contributed by atoms with Crippen LogP contribution in [0.15, 0.2) is 17.0 Å². The van der Waals surface area contributed by atoms with Crippen LogP contribution in [0.5, 0.6) is 0 Å². The Morgan fingerprint density at radius 3 is 2.57 bits per heavy atom. The van der Waals surface area contributed by atoms with Crippen LogP contribution in [-0.2, 0) is 14.8 Å². The predicted octanol–water partition coefficient (Wildman–Crippen LogP) is 1.64. The number of rotatable bonds is 5. The molecule has 1 saturated heterocycles. The van der Waals surface area contributed by atoms with Gasteiger partial charge in [-0.3, -0.25) is 0 Å². The molecule has 1 fully saturated rings. The van der Waals surface area contributed by atoms with E-state index in [1.165, 1.54) is 0 Å². The van der Waals surface area contributed by atoms with Crippen molar-refractivity contribution in [3.8, 4) is 0 Å². The second-order valence-corrected chi connectivity index (χ2v) is 6.74. The molecule has 21 heavy (non-hydrogen) atoms. The Labute approximate surface area is 122 Å². The number of nitrogen functional groups attached to an aromatic ring is 1. The van der Waals surface area contributed by atoms with E-state index in [2.05, 4.69) is 4.72 Å². The molecule has 1 aromatic carbocycles. The molecule has 1 aromatic rings. The molecule has 118 valence electrons. The van der Waals surface area contributed by atoms with Crippen LogP contribution in [-0.4, -0.2) is 27.7 Å². The summed E-state index contributed by atoms with van der Waals surface area (Å²) in [4.78, 5) is -0.997. The number of nitrogens with one attached hydrogen (secondary N) is 1. The van der Waals surface area contributed by atoms with Crippen molar-refractivity contribution < 1.29 is 21.9 Å². The molecule has 0 spiro atoms. The monoisotopic (exact) mass is 320 g/mol. The quantitative estimate of drug-likeness (QED) is 0.808. The fraction of sp³-hybridized carbons (Fsp3) is 0.538. The first-order chi connectivity index (χ1) is 9.85. The summed E-state index contributed by atoms with van der Waals surface area (Å²) in [5.41, 5.74) is 5.10. The van der Waals surface area contributed by atoms with Crippen molar-refractivity contribution in [3.05, 3.63) is 23.8 Å². The molecule has 2 atom stereocenters. The van der Waals surface area contributed by atoms with Gasteiger partial charge < -0.3 is 10.5 Å². The summed E-state index contributed by atoms with van der Waals surface area (Å²) in [6.45, 7) is 2.59. The molecule has 2 rings (SSSR count). The predicted molar refractivity (Wildman–Crippen MR) is 74.1 cm³/mol. The van der Waals surface area contributed by atoms with Gasteiger partial charge in [-0.25, -0.2) is 21.9 Å². The Bertz CT molecular complexity index is 599. The fourth-order valence-electron chi connectivity index (χ4n) is 2.50. The lowest BCUT2D eigenvalue weighted by molar-refractivity contribution is 0.0884. The first kappa shape index (κ1) is 16.1. The highest BCUT2D eigenvalue weighted by Gasteiger charge is 2.30. The third-order valence-electron chi connectivity index (χ3n) is 3.57. The minimum absolute atomic E-state index is 0.00433. The molecule has 5 nitrogen and oxygen atoms in total. The number of benzene rings is 1. The lowest BCUT2D eigenvalue weighted by Gasteiger charge is -2.17. The molecule has 0 amide bonds. The smallest absolute Gasteiger partial charge is 0.246 e. The molecular formula is C13H18F2N2O3S. The minimum Gasteiger partial charge on any atom is -0.399 e. The van der Waals surface area contributed by atoms with Crippen molar-refractivity contribution in [2.75, 3.05) is 18.9 Å². The molecule has 0 aliphatic carbocycles. The van der Waals surface area contributed by atoms with Crippen molar-refractivity contribution in [3.63, 3.8) is 0 Å². The van der Waals surface area contributed by atoms with Gasteiger partial charge in [0, 0.05) is 24.8 Å². The van der Waals surface area contributed by atoms with E-state index >= 15 is 0 Å². The van der Waals surface area contributed by atoms with Crippen LogP contribution in [0.2, 0.25) is 0 Å². The third kappa shape index (κ3) is 3.50. The SMILES string of the molecule is CCC1OCCC1CNS(=O)(=O)c1c(F)cc(N)cc1F. The Hall–Kier alpha value is -1.25. The van der Waals surface area contributed by atoms with E-state index in [0.29, 0.717) is 13.0 Å². The average molecular weight is 320 g/mol. The van der Waals surface area contributed by atoms with Gasteiger partial charge in [-0.1, -0.05) is 6.92 Å². The maximum absolute atomic E-state index is 13.7. The van der Waals surface area contributed by atoms with E-state index in [1.54, 1.807) is 0 Å². The van der Waals surface area contributed by atoms with Gasteiger partial charge in [0.15, 0.2) is 4.90 Å². The first-order valence-electron chi connectivity index (χ1n) is 6.71. The van der Waals surface area contributed by atoms with Crippen molar-refractivity contribution in [1.29, 1.82) is 0 Å². The molecule has 3 N–H and O–H groups in total. The van der Waals surface area contributed by atoms with Crippen molar-refractivity contribution in [2.24, 2.45) is 5.92 Å². The molecular weight excluding hydrogens is 302 g/mol. The molecule has 1 aliphatic heterocycles. The number of hydrogen-bond acceptors (Lipinski definition) is 4. The van der Waals surface area contributed by atoms with E-state index in [-0.39, 0.29) is 24.3 Å². The van der Waals surface area contributed by atoms with Crippen LogP contribution in [0.3, 0.4) is 0 Å². The molecule has 1 heterocycles. The summed E-state index contributed by atoms with van der Waals surface area (Å²) in [6.07, 6.45) is 1.44. The number of halogens is 2. The van der Waals surface area contributed by atoms with Gasteiger partial charge in [-0.2, -0.15) is 0 Å². The lowest BCUT2D eigenvalue weighted by atomic mass is 10.0. The Morgan fingerprint density at radius 1 is 1.38 bits per heavy atom. The van der Waals surface area contributed by atoms with Gasteiger partial charge in [0.1, 0.15) is 11.6 Å². The zero-order chi connectivity index (χ0) is 15.6. The van der Waals surface area contributed by atoms with Gasteiger partial charge in [-0.05, 0) is 25.0 Å². The summed E-state index contributed by atoms with van der Waals surface area (Å²) in [5.74, 6) is -2.39. The second kappa shape index (κ2) is 6.25. The lowest BCUT2D eigenvalue weighted by Crippen LogP contribution is -2.33. The van der Waals surface area contributed by atoms with Gasteiger partial charge >= 0.3 is 0 Å². The molecule has 0 radical (unpaired) electrons. The van der Waals surface area contributed by atoms with Crippen LogP contribution in [0.1, 0.15) is 19.8 Å². The van der Waals surface area contributed by atoms with E-state index in [0.717, 1.165) is 18.6 Å².